The topological polar surface area (TPSA) is 89.9 Å². The molecular formula is C27H27N3O5. The number of hydrogen-bond acceptors (Lipinski definition) is 5. The molecular weight excluding hydrogens is 446 g/mol. The van der Waals surface area contributed by atoms with Crippen LogP contribution in [0.1, 0.15) is 27.3 Å². The predicted octanol–water partition coefficient (Wildman–Crippen LogP) is 3.29. The Bertz CT molecular complexity index is 1280. The standard InChI is InChI=1S/C27H27N3O5/c1-17-12-21(18(2)29(17)14-20-16-34-24-10-6-7-11-25(24)35-20)23(31)15-30-26(32)22(28-27(30)33)13-19-8-4-3-5-9-19/h3-12,20,22H,13-16H2,1-2H3,(H,28,33)/t20-,22-/m0/s1. The van der Waals surface area contributed by atoms with Gasteiger partial charge in [0.15, 0.2) is 23.4 Å². The van der Waals surface area contributed by atoms with E-state index in [0.717, 1.165) is 27.6 Å². The molecule has 0 unspecified atom stereocenters. The van der Waals surface area contributed by atoms with Crippen molar-refractivity contribution in [1.82, 2.24) is 14.8 Å². The van der Waals surface area contributed by atoms with E-state index in [1.54, 1.807) is 6.07 Å². The van der Waals surface area contributed by atoms with E-state index >= 15 is 0 Å². The Labute approximate surface area is 203 Å². The van der Waals surface area contributed by atoms with Gasteiger partial charge in [0.05, 0.1) is 13.1 Å². The van der Waals surface area contributed by atoms with Crippen molar-refractivity contribution in [3.63, 3.8) is 0 Å². The highest BCUT2D eigenvalue weighted by Crippen LogP contribution is 2.31. The second-order valence-corrected chi connectivity index (χ2v) is 8.93. The van der Waals surface area contributed by atoms with Crippen molar-refractivity contribution in [2.24, 2.45) is 0 Å². The van der Waals surface area contributed by atoms with Crippen LogP contribution in [0.5, 0.6) is 11.5 Å². The number of para-hydroxylation sites is 2. The number of carbonyl (C=O) groups excluding carboxylic acids is 3. The summed E-state index contributed by atoms with van der Waals surface area (Å²) in [6.45, 7) is 4.41. The first-order valence-electron chi connectivity index (χ1n) is 11.6. The normalized spacial score (nSPS) is 19.1. The number of nitrogens with one attached hydrogen (secondary N) is 1. The van der Waals surface area contributed by atoms with Gasteiger partial charge >= 0.3 is 6.03 Å². The minimum Gasteiger partial charge on any atom is -0.486 e. The van der Waals surface area contributed by atoms with Crippen LogP contribution in [0.15, 0.2) is 60.7 Å². The molecule has 1 fully saturated rings. The fourth-order valence-corrected chi connectivity index (χ4v) is 4.66. The van der Waals surface area contributed by atoms with Gasteiger partial charge in [0.25, 0.3) is 5.91 Å². The van der Waals surface area contributed by atoms with Crippen molar-refractivity contribution in [1.29, 1.82) is 0 Å². The van der Waals surface area contributed by atoms with E-state index in [1.807, 2.05) is 73.0 Å². The molecule has 1 aromatic heterocycles. The van der Waals surface area contributed by atoms with Crippen molar-refractivity contribution in [3.8, 4) is 11.5 Å². The van der Waals surface area contributed by atoms with Crippen LogP contribution in [0.3, 0.4) is 0 Å². The smallest absolute Gasteiger partial charge is 0.325 e. The highest BCUT2D eigenvalue weighted by molar-refractivity contribution is 6.09. The maximum Gasteiger partial charge on any atom is 0.325 e. The van der Waals surface area contributed by atoms with Gasteiger partial charge in [-0.1, -0.05) is 42.5 Å². The molecule has 0 bridgehead atoms. The van der Waals surface area contributed by atoms with E-state index in [0.29, 0.717) is 30.9 Å². The number of benzene rings is 2. The summed E-state index contributed by atoms with van der Waals surface area (Å²) < 4.78 is 13.9. The Hall–Kier alpha value is -4.07. The van der Waals surface area contributed by atoms with Crippen LogP contribution in [0.25, 0.3) is 0 Å². The number of aromatic nitrogens is 1. The molecule has 5 rings (SSSR count). The largest absolute Gasteiger partial charge is 0.486 e. The second-order valence-electron chi connectivity index (χ2n) is 8.93. The first-order chi connectivity index (χ1) is 16.9. The molecule has 180 valence electrons. The summed E-state index contributed by atoms with van der Waals surface area (Å²) in [6.07, 6.45) is 0.180. The number of carbonyl (C=O) groups is 3. The predicted molar refractivity (Wildman–Crippen MR) is 129 cm³/mol. The Kier molecular flexibility index (Phi) is 6.03. The lowest BCUT2D eigenvalue weighted by molar-refractivity contribution is -0.127. The van der Waals surface area contributed by atoms with Crippen LogP contribution in [0.4, 0.5) is 4.79 Å². The summed E-state index contributed by atoms with van der Waals surface area (Å²) in [5, 5.41) is 2.70. The molecule has 3 amide bonds. The van der Waals surface area contributed by atoms with E-state index in [1.165, 1.54) is 0 Å². The van der Waals surface area contributed by atoms with Gasteiger partial charge in [0, 0.05) is 23.4 Å². The lowest BCUT2D eigenvalue weighted by Gasteiger charge is -2.27. The van der Waals surface area contributed by atoms with Gasteiger partial charge in [-0.05, 0) is 37.6 Å². The van der Waals surface area contributed by atoms with Crippen molar-refractivity contribution < 1.29 is 23.9 Å². The van der Waals surface area contributed by atoms with E-state index in [9.17, 15) is 14.4 Å². The molecule has 1 N–H and O–H groups in total. The third kappa shape index (κ3) is 4.51. The van der Waals surface area contributed by atoms with Crippen LogP contribution >= 0.6 is 0 Å². The molecule has 35 heavy (non-hydrogen) atoms. The molecule has 3 heterocycles. The number of urea groups is 1. The van der Waals surface area contributed by atoms with E-state index in [2.05, 4.69) is 5.32 Å². The number of rotatable bonds is 7. The van der Waals surface area contributed by atoms with Gasteiger partial charge < -0.3 is 19.4 Å². The summed E-state index contributed by atoms with van der Waals surface area (Å²) in [5.74, 6) is 0.762. The maximum atomic E-state index is 13.2. The number of ether oxygens (including phenoxy) is 2. The molecule has 0 spiro atoms. The number of nitrogens with zero attached hydrogens (tertiary/aromatic N) is 2. The van der Waals surface area contributed by atoms with E-state index < -0.39 is 12.1 Å². The van der Waals surface area contributed by atoms with Crippen LogP contribution in [0, 0.1) is 13.8 Å². The quantitative estimate of drug-likeness (QED) is 0.420. The fourth-order valence-electron chi connectivity index (χ4n) is 4.66. The maximum absolute atomic E-state index is 13.2. The molecule has 8 nitrogen and oxygen atoms in total. The zero-order chi connectivity index (χ0) is 24.5. The summed E-state index contributed by atoms with van der Waals surface area (Å²) >= 11 is 0. The van der Waals surface area contributed by atoms with Crippen molar-refractivity contribution in [2.75, 3.05) is 13.2 Å². The summed E-state index contributed by atoms with van der Waals surface area (Å²) in [7, 11) is 0. The Morgan fingerprint density at radius 2 is 1.74 bits per heavy atom. The number of aryl methyl sites for hydroxylation is 1. The molecule has 0 aliphatic carbocycles. The van der Waals surface area contributed by atoms with Crippen molar-refractivity contribution >= 4 is 17.7 Å². The number of fused-ring (bicyclic) bond motifs is 1. The zero-order valence-corrected chi connectivity index (χ0v) is 19.7. The Morgan fingerprint density at radius 3 is 2.51 bits per heavy atom. The van der Waals surface area contributed by atoms with Gasteiger partial charge in [0.2, 0.25) is 0 Å². The highest BCUT2D eigenvalue weighted by atomic mass is 16.6. The number of Topliss-reactive ketones (excluding diaryl/α,β-unsaturated/α-hetero) is 1. The molecule has 2 aromatic carbocycles. The van der Waals surface area contributed by atoms with E-state index in [4.69, 9.17) is 9.47 Å². The minimum atomic E-state index is -0.670. The number of amides is 3. The molecule has 3 aromatic rings. The molecule has 8 heteroatoms. The molecule has 0 radical (unpaired) electrons. The summed E-state index contributed by atoms with van der Waals surface area (Å²) in [5.41, 5.74) is 3.10. The molecule has 1 saturated heterocycles. The van der Waals surface area contributed by atoms with E-state index in [-0.39, 0.29) is 24.3 Å². The van der Waals surface area contributed by atoms with Crippen molar-refractivity contribution in [3.05, 3.63) is 83.2 Å². The van der Waals surface area contributed by atoms with Gasteiger partial charge in [0.1, 0.15) is 12.6 Å². The van der Waals surface area contributed by atoms with Crippen LogP contribution in [-0.4, -0.2) is 52.5 Å². The average Bonchev–Trinajstić information content (AvgIpc) is 3.29. The first-order valence-corrected chi connectivity index (χ1v) is 11.6. The lowest BCUT2D eigenvalue weighted by Crippen LogP contribution is -2.36. The third-order valence-electron chi connectivity index (χ3n) is 6.52. The summed E-state index contributed by atoms with van der Waals surface area (Å²) in [4.78, 5) is 39.5. The van der Waals surface area contributed by atoms with Gasteiger partial charge in [-0.25, -0.2) is 4.79 Å². The van der Waals surface area contributed by atoms with Gasteiger partial charge in [-0.3, -0.25) is 14.5 Å². The number of ketones is 1. The molecule has 2 atom stereocenters. The first kappa shape index (κ1) is 22.7. The Balaban J connectivity index is 1.26. The van der Waals surface area contributed by atoms with Crippen molar-refractivity contribution in [2.45, 2.75) is 39.0 Å². The Morgan fingerprint density at radius 1 is 1.03 bits per heavy atom. The third-order valence-corrected chi connectivity index (χ3v) is 6.52. The van der Waals surface area contributed by atoms with Crippen LogP contribution in [0.2, 0.25) is 0 Å². The highest BCUT2D eigenvalue weighted by Gasteiger charge is 2.39. The number of hydrogen-bond donors (Lipinski definition) is 1. The monoisotopic (exact) mass is 473 g/mol. The molecule has 2 aliphatic rings. The SMILES string of the molecule is Cc1cc(C(=O)CN2C(=O)N[C@@H](Cc3ccccc3)C2=O)c(C)n1C[C@H]1COc2ccccc2O1. The van der Waals surface area contributed by atoms with Gasteiger partial charge in [-0.15, -0.1) is 0 Å². The van der Waals surface area contributed by atoms with Crippen LogP contribution in [-0.2, 0) is 17.8 Å². The minimum absolute atomic E-state index is 0.206. The van der Waals surface area contributed by atoms with Gasteiger partial charge in [-0.2, -0.15) is 0 Å². The zero-order valence-electron chi connectivity index (χ0n) is 19.7. The second kappa shape index (κ2) is 9.29. The van der Waals surface area contributed by atoms with Crippen LogP contribution < -0.4 is 14.8 Å². The number of imide groups is 1. The average molecular weight is 474 g/mol. The molecule has 2 aliphatic heterocycles. The lowest BCUT2D eigenvalue weighted by atomic mass is 10.1. The fraction of sp³-hybridized carbons (Fsp3) is 0.296. The molecule has 0 saturated carbocycles. The summed E-state index contributed by atoms with van der Waals surface area (Å²) in [6, 6.07) is 17.6.